The normalized spacial score (nSPS) is 10.8. The molecule has 18 heavy (non-hydrogen) atoms. The van der Waals surface area contributed by atoms with E-state index in [0.29, 0.717) is 15.9 Å². The molecule has 0 bridgehead atoms. The first-order chi connectivity index (χ1) is 8.74. The molecule has 0 aliphatic heterocycles. The third kappa shape index (κ3) is 2.12. The van der Waals surface area contributed by atoms with E-state index in [1.165, 1.54) is 17.7 Å². The standard InChI is InChI=1S/C11H6Cl2N4S/c12-6-1-2-7(8(13)3-6)9-4-18-11(16-9)10-14-5-15-17-10/h1-5H,(H,14,15,17). The molecule has 0 radical (unpaired) electrons. The average molecular weight is 297 g/mol. The third-order valence-electron chi connectivity index (χ3n) is 2.33. The number of hydrogen-bond acceptors (Lipinski definition) is 4. The Bertz CT molecular complexity index is 678. The fourth-order valence-corrected chi connectivity index (χ4v) is 2.78. The van der Waals surface area contributed by atoms with Crippen LogP contribution >= 0.6 is 34.5 Å². The van der Waals surface area contributed by atoms with Crippen molar-refractivity contribution >= 4 is 34.5 Å². The highest BCUT2D eigenvalue weighted by Crippen LogP contribution is 2.32. The Morgan fingerprint density at radius 1 is 1.22 bits per heavy atom. The van der Waals surface area contributed by atoms with Gasteiger partial charge in [0.05, 0.1) is 10.7 Å². The van der Waals surface area contributed by atoms with E-state index in [0.717, 1.165) is 16.3 Å². The molecular weight excluding hydrogens is 291 g/mol. The van der Waals surface area contributed by atoms with Gasteiger partial charge in [0, 0.05) is 16.0 Å². The predicted octanol–water partition coefficient (Wildman–Crippen LogP) is 3.90. The van der Waals surface area contributed by atoms with Crippen LogP contribution in [0.15, 0.2) is 29.9 Å². The van der Waals surface area contributed by atoms with Gasteiger partial charge >= 0.3 is 0 Å². The van der Waals surface area contributed by atoms with E-state index in [9.17, 15) is 0 Å². The lowest BCUT2D eigenvalue weighted by Gasteiger charge is -2.00. The van der Waals surface area contributed by atoms with Crippen molar-refractivity contribution in [2.45, 2.75) is 0 Å². The zero-order valence-electron chi connectivity index (χ0n) is 8.89. The van der Waals surface area contributed by atoms with Crippen LogP contribution in [0.1, 0.15) is 0 Å². The highest BCUT2D eigenvalue weighted by Gasteiger charge is 2.11. The number of benzene rings is 1. The molecule has 90 valence electrons. The van der Waals surface area contributed by atoms with Gasteiger partial charge in [-0.1, -0.05) is 23.2 Å². The summed E-state index contributed by atoms with van der Waals surface area (Å²) >= 11 is 13.5. The Balaban J connectivity index is 2.03. The van der Waals surface area contributed by atoms with Crippen LogP contribution < -0.4 is 0 Å². The number of nitrogens with one attached hydrogen (secondary N) is 1. The highest BCUT2D eigenvalue weighted by molar-refractivity contribution is 7.13. The molecule has 3 rings (SSSR count). The predicted molar refractivity (Wildman–Crippen MR) is 72.9 cm³/mol. The monoisotopic (exact) mass is 296 g/mol. The van der Waals surface area contributed by atoms with Gasteiger partial charge in [-0.15, -0.1) is 11.3 Å². The summed E-state index contributed by atoms with van der Waals surface area (Å²) in [6.07, 6.45) is 1.45. The van der Waals surface area contributed by atoms with Crippen LogP contribution in [0.3, 0.4) is 0 Å². The first kappa shape index (κ1) is 11.6. The number of hydrogen-bond donors (Lipinski definition) is 1. The first-order valence-electron chi connectivity index (χ1n) is 5.01. The van der Waals surface area contributed by atoms with Gasteiger partial charge in [-0.05, 0) is 18.2 Å². The molecule has 0 aliphatic rings. The lowest BCUT2D eigenvalue weighted by atomic mass is 10.2. The summed E-state index contributed by atoms with van der Waals surface area (Å²) in [6, 6.07) is 5.34. The van der Waals surface area contributed by atoms with Gasteiger partial charge in [-0.2, -0.15) is 5.10 Å². The van der Waals surface area contributed by atoms with Crippen LogP contribution in [0, 0.1) is 0 Å². The zero-order valence-corrected chi connectivity index (χ0v) is 11.2. The fraction of sp³-hybridized carbons (Fsp3) is 0. The molecule has 0 aliphatic carbocycles. The fourth-order valence-electron chi connectivity index (χ4n) is 1.51. The van der Waals surface area contributed by atoms with Gasteiger partial charge in [0.2, 0.25) is 0 Å². The average Bonchev–Trinajstić information content (AvgIpc) is 2.99. The molecule has 0 unspecified atom stereocenters. The SMILES string of the molecule is Clc1ccc(-c2csc(-c3ncn[nH]3)n2)c(Cl)c1. The molecule has 1 N–H and O–H groups in total. The maximum absolute atomic E-state index is 6.14. The summed E-state index contributed by atoms with van der Waals surface area (Å²) in [5.74, 6) is 0.649. The molecule has 2 heterocycles. The number of aromatic amines is 1. The van der Waals surface area contributed by atoms with Crippen molar-refractivity contribution < 1.29 is 0 Å². The maximum atomic E-state index is 6.14. The molecule has 0 fully saturated rings. The number of nitrogens with zero attached hydrogens (tertiary/aromatic N) is 3. The smallest absolute Gasteiger partial charge is 0.184 e. The van der Waals surface area contributed by atoms with E-state index in [1.54, 1.807) is 12.1 Å². The van der Waals surface area contributed by atoms with Gasteiger partial charge in [0.15, 0.2) is 10.8 Å². The molecule has 0 spiro atoms. The summed E-state index contributed by atoms with van der Waals surface area (Å²) in [6.45, 7) is 0. The number of thiazole rings is 1. The van der Waals surface area contributed by atoms with E-state index >= 15 is 0 Å². The van der Waals surface area contributed by atoms with Gasteiger partial charge in [0.25, 0.3) is 0 Å². The van der Waals surface area contributed by atoms with Crippen LogP contribution in [0.25, 0.3) is 22.1 Å². The van der Waals surface area contributed by atoms with E-state index in [2.05, 4.69) is 20.2 Å². The summed E-state index contributed by atoms with van der Waals surface area (Å²) in [4.78, 5) is 8.53. The highest BCUT2D eigenvalue weighted by atomic mass is 35.5. The van der Waals surface area contributed by atoms with E-state index in [4.69, 9.17) is 23.2 Å². The molecule has 4 nitrogen and oxygen atoms in total. The Labute approximate surface area is 117 Å². The van der Waals surface area contributed by atoms with Gasteiger partial charge < -0.3 is 0 Å². The lowest BCUT2D eigenvalue weighted by Crippen LogP contribution is -1.82. The van der Waals surface area contributed by atoms with Gasteiger partial charge in [-0.3, -0.25) is 5.10 Å². The number of aromatic nitrogens is 4. The summed E-state index contributed by atoms with van der Waals surface area (Å²) < 4.78 is 0. The van der Waals surface area contributed by atoms with Crippen LogP contribution in [0.5, 0.6) is 0 Å². The molecule has 0 amide bonds. The number of halogens is 2. The van der Waals surface area contributed by atoms with Crippen LogP contribution in [-0.4, -0.2) is 20.2 Å². The second kappa shape index (κ2) is 4.68. The quantitative estimate of drug-likeness (QED) is 0.780. The Kier molecular flexibility index (Phi) is 3.03. The molecule has 1 aromatic carbocycles. The minimum atomic E-state index is 0.580. The third-order valence-corrected chi connectivity index (χ3v) is 3.73. The van der Waals surface area contributed by atoms with E-state index in [-0.39, 0.29) is 0 Å². The van der Waals surface area contributed by atoms with Crippen molar-refractivity contribution in [3.05, 3.63) is 40.0 Å². The Morgan fingerprint density at radius 2 is 2.11 bits per heavy atom. The molecule has 0 saturated heterocycles. The van der Waals surface area contributed by atoms with E-state index < -0.39 is 0 Å². The largest absolute Gasteiger partial charge is 0.257 e. The minimum Gasteiger partial charge on any atom is -0.257 e. The number of rotatable bonds is 2. The molecule has 7 heteroatoms. The van der Waals surface area contributed by atoms with Crippen molar-refractivity contribution in [2.24, 2.45) is 0 Å². The summed E-state index contributed by atoms with van der Waals surface area (Å²) in [5, 5.41) is 10.5. The van der Waals surface area contributed by atoms with Crippen molar-refractivity contribution in [3.63, 3.8) is 0 Å². The molecule has 2 aromatic heterocycles. The summed E-state index contributed by atoms with van der Waals surface area (Å²) in [5.41, 5.74) is 1.65. The second-order valence-corrected chi connectivity index (χ2v) is 5.20. The Hall–Kier alpha value is -1.43. The summed E-state index contributed by atoms with van der Waals surface area (Å²) in [7, 11) is 0. The lowest BCUT2D eigenvalue weighted by molar-refractivity contribution is 1.09. The second-order valence-electron chi connectivity index (χ2n) is 3.50. The topological polar surface area (TPSA) is 54.5 Å². The van der Waals surface area contributed by atoms with Crippen LogP contribution in [-0.2, 0) is 0 Å². The van der Waals surface area contributed by atoms with Gasteiger partial charge in [-0.25, -0.2) is 9.97 Å². The minimum absolute atomic E-state index is 0.580. The van der Waals surface area contributed by atoms with Gasteiger partial charge in [0.1, 0.15) is 6.33 Å². The molecule has 0 saturated carbocycles. The van der Waals surface area contributed by atoms with Crippen molar-refractivity contribution in [1.29, 1.82) is 0 Å². The van der Waals surface area contributed by atoms with E-state index in [1.807, 2.05) is 11.4 Å². The van der Waals surface area contributed by atoms with Crippen LogP contribution in [0.4, 0.5) is 0 Å². The molecule has 3 aromatic rings. The zero-order chi connectivity index (χ0) is 12.5. The maximum Gasteiger partial charge on any atom is 0.184 e. The van der Waals surface area contributed by atoms with Crippen molar-refractivity contribution in [3.8, 4) is 22.1 Å². The molecule has 0 atom stereocenters. The van der Waals surface area contributed by atoms with Crippen molar-refractivity contribution in [2.75, 3.05) is 0 Å². The Morgan fingerprint density at radius 3 is 2.83 bits per heavy atom. The van der Waals surface area contributed by atoms with Crippen molar-refractivity contribution in [1.82, 2.24) is 20.2 Å². The van der Waals surface area contributed by atoms with Crippen LogP contribution in [0.2, 0.25) is 10.0 Å². The molecular formula is C11H6Cl2N4S. The number of H-pyrrole nitrogens is 1. The first-order valence-corrected chi connectivity index (χ1v) is 6.64.